The zero-order chi connectivity index (χ0) is 12.8. The molecule has 3 N–H and O–H groups in total. The van der Waals surface area contributed by atoms with Gasteiger partial charge < -0.3 is 16.0 Å². The van der Waals surface area contributed by atoms with Crippen LogP contribution in [0.3, 0.4) is 0 Å². The minimum Gasteiger partial charge on any atom is -0.353 e. The van der Waals surface area contributed by atoms with Gasteiger partial charge >= 0.3 is 0 Å². The number of amides is 2. The summed E-state index contributed by atoms with van der Waals surface area (Å²) >= 11 is 0. The highest BCUT2D eigenvalue weighted by molar-refractivity contribution is 5.81. The van der Waals surface area contributed by atoms with E-state index in [9.17, 15) is 9.59 Å². The van der Waals surface area contributed by atoms with Crippen molar-refractivity contribution >= 4 is 11.8 Å². The summed E-state index contributed by atoms with van der Waals surface area (Å²) < 4.78 is 0. The highest BCUT2D eigenvalue weighted by Crippen LogP contribution is 2.11. The van der Waals surface area contributed by atoms with Crippen molar-refractivity contribution < 1.29 is 9.59 Å². The van der Waals surface area contributed by atoms with Crippen LogP contribution in [0.2, 0.25) is 0 Å². The second kappa shape index (κ2) is 6.59. The first-order chi connectivity index (χ1) is 8.04. The second-order valence-corrected chi connectivity index (χ2v) is 4.71. The Hall–Kier alpha value is -1.10. The van der Waals surface area contributed by atoms with Crippen LogP contribution in [0.25, 0.3) is 0 Å². The van der Waals surface area contributed by atoms with Crippen LogP contribution in [0.4, 0.5) is 0 Å². The third-order valence-corrected chi connectivity index (χ3v) is 3.04. The Morgan fingerprint density at radius 2 is 2.00 bits per heavy atom. The van der Waals surface area contributed by atoms with Crippen molar-refractivity contribution in [3.63, 3.8) is 0 Å². The number of likely N-dealkylation sites (tertiary alicyclic amines) is 1. The fourth-order valence-electron chi connectivity index (χ4n) is 2.06. The second-order valence-electron chi connectivity index (χ2n) is 4.71. The molecule has 0 radical (unpaired) electrons. The molecule has 17 heavy (non-hydrogen) atoms. The van der Waals surface area contributed by atoms with Gasteiger partial charge in [0.1, 0.15) is 0 Å². The SMILES string of the molecule is CCCC(=O)NC1CCN(C(=O)[C@@H](C)N)CC1. The summed E-state index contributed by atoms with van der Waals surface area (Å²) in [6, 6.07) is -0.215. The maximum absolute atomic E-state index is 11.6. The molecule has 0 aromatic heterocycles. The summed E-state index contributed by atoms with van der Waals surface area (Å²) in [6.07, 6.45) is 3.11. The van der Waals surface area contributed by atoms with Crippen molar-refractivity contribution in [1.82, 2.24) is 10.2 Å². The number of rotatable bonds is 4. The topological polar surface area (TPSA) is 75.4 Å². The van der Waals surface area contributed by atoms with Crippen molar-refractivity contribution in [2.24, 2.45) is 5.73 Å². The first-order valence-electron chi connectivity index (χ1n) is 6.38. The lowest BCUT2D eigenvalue weighted by Crippen LogP contribution is -2.50. The van der Waals surface area contributed by atoms with Gasteiger partial charge in [0.2, 0.25) is 11.8 Å². The van der Waals surface area contributed by atoms with Crippen molar-refractivity contribution in [2.75, 3.05) is 13.1 Å². The Morgan fingerprint density at radius 1 is 1.41 bits per heavy atom. The van der Waals surface area contributed by atoms with E-state index >= 15 is 0 Å². The highest BCUT2D eigenvalue weighted by Gasteiger charge is 2.24. The minimum atomic E-state index is -0.429. The molecule has 98 valence electrons. The number of nitrogens with zero attached hydrogens (tertiary/aromatic N) is 1. The Morgan fingerprint density at radius 3 is 2.47 bits per heavy atom. The molecule has 1 rings (SSSR count). The Kier molecular flexibility index (Phi) is 5.41. The van der Waals surface area contributed by atoms with E-state index in [1.165, 1.54) is 0 Å². The number of nitrogens with one attached hydrogen (secondary N) is 1. The molecule has 0 aromatic rings. The summed E-state index contributed by atoms with van der Waals surface area (Å²) in [7, 11) is 0. The van der Waals surface area contributed by atoms with Crippen LogP contribution in [-0.4, -0.2) is 41.9 Å². The average molecular weight is 241 g/mol. The maximum atomic E-state index is 11.6. The van der Waals surface area contributed by atoms with Crippen LogP contribution in [0.1, 0.15) is 39.5 Å². The lowest BCUT2D eigenvalue weighted by Gasteiger charge is -2.33. The molecule has 0 aliphatic carbocycles. The molecule has 0 aromatic carbocycles. The van der Waals surface area contributed by atoms with Crippen LogP contribution in [0, 0.1) is 0 Å². The molecule has 1 aliphatic rings. The largest absolute Gasteiger partial charge is 0.353 e. The van der Waals surface area contributed by atoms with Crippen molar-refractivity contribution in [3.05, 3.63) is 0 Å². The van der Waals surface area contributed by atoms with Gasteiger partial charge in [-0.15, -0.1) is 0 Å². The first-order valence-corrected chi connectivity index (χ1v) is 6.38. The summed E-state index contributed by atoms with van der Waals surface area (Å²) in [5, 5.41) is 3.00. The van der Waals surface area contributed by atoms with Crippen LogP contribution in [0.15, 0.2) is 0 Å². The standard InChI is InChI=1S/C12H23N3O2/c1-3-4-11(16)14-10-5-7-15(8-6-10)12(17)9(2)13/h9-10H,3-8,13H2,1-2H3,(H,14,16)/t9-/m1/s1. The smallest absolute Gasteiger partial charge is 0.239 e. The van der Waals surface area contributed by atoms with E-state index in [1.807, 2.05) is 6.92 Å². The predicted octanol–water partition coefficient (Wildman–Crippen LogP) is 0.241. The molecule has 0 unspecified atom stereocenters. The van der Waals surface area contributed by atoms with Crippen molar-refractivity contribution in [1.29, 1.82) is 0 Å². The Bertz CT molecular complexity index is 271. The fraction of sp³-hybridized carbons (Fsp3) is 0.833. The van der Waals surface area contributed by atoms with Crippen LogP contribution in [0.5, 0.6) is 0 Å². The molecule has 0 spiro atoms. The normalized spacial score (nSPS) is 18.9. The molecule has 1 atom stereocenters. The minimum absolute atomic E-state index is 0.00309. The van der Waals surface area contributed by atoms with E-state index < -0.39 is 6.04 Å². The number of nitrogens with two attached hydrogens (primary N) is 1. The summed E-state index contributed by atoms with van der Waals surface area (Å²) in [5.74, 6) is 0.118. The van der Waals surface area contributed by atoms with E-state index in [4.69, 9.17) is 5.73 Å². The summed E-state index contributed by atoms with van der Waals surface area (Å²) in [6.45, 7) is 5.08. The molecule has 1 heterocycles. The van der Waals surface area contributed by atoms with Gasteiger partial charge in [0.05, 0.1) is 6.04 Å². The van der Waals surface area contributed by atoms with E-state index in [0.717, 1.165) is 19.3 Å². The van der Waals surface area contributed by atoms with Crippen LogP contribution < -0.4 is 11.1 Å². The molecule has 2 amide bonds. The molecule has 5 nitrogen and oxygen atoms in total. The fourth-order valence-corrected chi connectivity index (χ4v) is 2.06. The van der Waals surface area contributed by atoms with E-state index in [2.05, 4.69) is 5.32 Å². The molecule has 5 heteroatoms. The zero-order valence-electron chi connectivity index (χ0n) is 10.7. The zero-order valence-corrected chi connectivity index (χ0v) is 10.7. The average Bonchev–Trinajstić information content (AvgIpc) is 2.29. The van der Waals surface area contributed by atoms with E-state index in [1.54, 1.807) is 11.8 Å². The lowest BCUT2D eigenvalue weighted by molar-refractivity contribution is -0.133. The number of piperidine rings is 1. The van der Waals surface area contributed by atoms with Gasteiger partial charge in [0.25, 0.3) is 0 Å². The van der Waals surface area contributed by atoms with Gasteiger partial charge in [-0.2, -0.15) is 0 Å². The molecular formula is C12H23N3O2. The van der Waals surface area contributed by atoms with Gasteiger partial charge in [-0.1, -0.05) is 6.92 Å². The number of hydrogen-bond acceptors (Lipinski definition) is 3. The molecule has 1 saturated heterocycles. The van der Waals surface area contributed by atoms with Crippen molar-refractivity contribution in [2.45, 2.75) is 51.6 Å². The predicted molar refractivity (Wildman–Crippen MR) is 66.3 cm³/mol. The number of carbonyl (C=O) groups is 2. The van der Waals surface area contributed by atoms with Gasteiger partial charge in [-0.05, 0) is 26.2 Å². The van der Waals surface area contributed by atoms with E-state index in [0.29, 0.717) is 19.5 Å². The maximum Gasteiger partial charge on any atom is 0.239 e. The highest BCUT2D eigenvalue weighted by atomic mass is 16.2. The van der Waals surface area contributed by atoms with Gasteiger partial charge in [0, 0.05) is 25.6 Å². The number of hydrogen-bond donors (Lipinski definition) is 2. The van der Waals surface area contributed by atoms with Gasteiger partial charge in [0.15, 0.2) is 0 Å². The van der Waals surface area contributed by atoms with Crippen molar-refractivity contribution in [3.8, 4) is 0 Å². The third-order valence-electron chi connectivity index (χ3n) is 3.04. The summed E-state index contributed by atoms with van der Waals surface area (Å²) in [5.41, 5.74) is 5.56. The van der Waals surface area contributed by atoms with E-state index in [-0.39, 0.29) is 17.9 Å². The number of carbonyl (C=O) groups excluding carboxylic acids is 2. The molecule has 0 bridgehead atoms. The Balaban J connectivity index is 2.31. The Labute approximate surface area is 103 Å². The molecule has 1 aliphatic heterocycles. The van der Waals surface area contributed by atoms with Gasteiger partial charge in [-0.25, -0.2) is 0 Å². The quantitative estimate of drug-likeness (QED) is 0.740. The summed E-state index contributed by atoms with van der Waals surface area (Å²) in [4.78, 5) is 24.9. The monoisotopic (exact) mass is 241 g/mol. The van der Waals surface area contributed by atoms with Crippen LogP contribution >= 0.6 is 0 Å². The molecule has 0 saturated carbocycles. The van der Waals surface area contributed by atoms with Crippen LogP contribution in [-0.2, 0) is 9.59 Å². The van der Waals surface area contributed by atoms with Gasteiger partial charge in [-0.3, -0.25) is 9.59 Å². The third kappa shape index (κ3) is 4.34. The lowest BCUT2D eigenvalue weighted by atomic mass is 10.0. The molecular weight excluding hydrogens is 218 g/mol. The first kappa shape index (κ1) is 14.0. The molecule has 1 fully saturated rings.